The van der Waals surface area contributed by atoms with Crippen LogP contribution in [0.15, 0.2) is 35.5 Å². The molecule has 1 aromatic carbocycles. The van der Waals surface area contributed by atoms with E-state index in [4.69, 9.17) is 22.3 Å². The fourth-order valence-electron chi connectivity index (χ4n) is 1.80. The minimum absolute atomic E-state index is 0.00586. The minimum Gasteiger partial charge on any atom is -0.480 e. The first-order valence-corrected chi connectivity index (χ1v) is 6.50. The van der Waals surface area contributed by atoms with Gasteiger partial charge in [-0.3, -0.25) is 4.79 Å². The summed E-state index contributed by atoms with van der Waals surface area (Å²) in [4.78, 5) is 14.6. The van der Waals surface area contributed by atoms with Crippen molar-refractivity contribution in [3.8, 4) is 5.69 Å². The number of guanidine groups is 1. The smallest absolute Gasteiger partial charge is 0.320 e. The SMILES string of the molecule is NC(N)=NCc1cn(-c2ccc(C[C@H](N)C(=O)O)cc2)nn1. The Morgan fingerprint density at radius 3 is 2.59 bits per heavy atom. The largest absolute Gasteiger partial charge is 0.480 e. The summed E-state index contributed by atoms with van der Waals surface area (Å²) in [5.41, 5.74) is 18.3. The van der Waals surface area contributed by atoms with E-state index >= 15 is 0 Å². The molecule has 1 heterocycles. The molecule has 0 bridgehead atoms. The van der Waals surface area contributed by atoms with Crippen molar-refractivity contribution >= 4 is 11.9 Å². The van der Waals surface area contributed by atoms with Gasteiger partial charge in [0.1, 0.15) is 11.7 Å². The molecule has 0 saturated heterocycles. The van der Waals surface area contributed by atoms with Crippen molar-refractivity contribution in [1.82, 2.24) is 15.0 Å². The van der Waals surface area contributed by atoms with Gasteiger partial charge in [0.15, 0.2) is 5.96 Å². The molecule has 1 atom stereocenters. The van der Waals surface area contributed by atoms with Gasteiger partial charge in [-0.2, -0.15) is 0 Å². The third-order valence-corrected chi connectivity index (χ3v) is 2.94. The van der Waals surface area contributed by atoms with Crippen LogP contribution >= 0.6 is 0 Å². The van der Waals surface area contributed by atoms with E-state index in [1.807, 2.05) is 12.1 Å². The third kappa shape index (κ3) is 4.03. The molecule has 0 saturated carbocycles. The van der Waals surface area contributed by atoms with Crippen molar-refractivity contribution in [3.05, 3.63) is 41.7 Å². The van der Waals surface area contributed by atoms with Crippen LogP contribution in [0.3, 0.4) is 0 Å². The molecule has 116 valence electrons. The molecule has 22 heavy (non-hydrogen) atoms. The Morgan fingerprint density at radius 2 is 2.00 bits per heavy atom. The number of carbonyl (C=O) groups is 1. The lowest BCUT2D eigenvalue weighted by molar-refractivity contribution is -0.138. The molecule has 1 aromatic heterocycles. The maximum atomic E-state index is 10.7. The number of hydrogen-bond acceptors (Lipinski definition) is 5. The van der Waals surface area contributed by atoms with E-state index in [0.717, 1.165) is 11.3 Å². The molecule has 0 unspecified atom stereocenters. The lowest BCUT2D eigenvalue weighted by Gasteiger charge is -2.07. The quantitative estimate of drug-likeness (QED) is 0.393. The molecule has 0 fully saturated rings. The monoisotopic (exact) mass is 303 g/mol. The van der Waals surface area contributed by atoms with E-state index < -0.39 is 12.0 Å². The van der Waals surface area contributed by atoms with Crippen molar-refractivity contribution in [1.29, 1.82) is 0 Å². The highest BCUT2D eigenvalue weighted by Gasteiger charge is 2.12. The average molecular weight is 303 g/mol. The second-order valence-electron chi connectivity index (χ2n) is 4.71. The average Bonchev–Trinajstić information content (AvgIpc) is 2.94. The second kappa shape index (κ2) is 6.68. The molecule has 0 aliphatic heterocycles. The van der Waals surface area contributed by atoms with Gasteiger partial charge in [0.05, 0.1) is 18.4 Å². The summed E-state index contributed by atoms with van der Waals surface area (Å²) in [7, 11) is 0. The van der Waals surface area contributed by atoms with Crippen LogP contribution in [0.2, 0.25) is 0 Å². The fraction of sp³-hybridized carbons (Fsp3) is 0.231. The van der Waals surface area contributed by atoms with Gasteiger partial charge in [0, 0.05) is 0 Å². The second-order valence-corrected chi connectivity index (χ2v) is 4.71. The number of aliphatic imine (C=N–C) groups is 1. The topological polar surface area (TPSA) is 158 Å². The molecule has 0 aliphatic rings. The zero-order chi connectivity index (χ0) is 16.1. The van der Waals surface area contributed by atoms with Crippen LogP contribution < -0.4 is 17.2 Å². The molecule has 0 radical (unpaired) electrons. The van der Waals surface area contributed by atoms with Crippen LogP contribution in [0.4, 0.5) is 0 Å². The van der Waals surface area contributed by atoms with Gasteiger partial charge in [-0.25, -0.2) is 9.67 Å². The maximum Gasteiger partial charge on any atom is 0.320 e. The summed E-state index contributed by atoms with van der Waals surface area (Å²) in [5.74, 6) is -1.03. The molecule has 2 aromatic rings. The number of benzene rings is 1. The maximum absolute atomic E-state index is 10.7. The first-order valence-electron chi connectivity index (χ1n) is 6.50. The Morgan fingerprint density at radius 1 is 1.32 bits per heavy atom. The van der Waals surface area contributed by atoms with E-state index in [0.29, 0.717) is 5.69 Å². The van der Waals surface area contributed by atoms with E-state index in [9.17, 15) is 4.79 Å². The first kappa shape index (κ1) is 15.4. The zero-order valence-corrected chi connectivity index (χ0v) is 11.8. The number of hydrogen-bond donors (Lipinski definition) is 4. The van der Waals surface area contributed by atoms with Crippen molar-refractivity contribution in [2.24, 2.45) is 22.2 Å². The van der Waals surface area contributed by atoms with Crippen molar-refractivity contribution in [2.75, 3.05) is 0 Å². The summed E-state index contributed by atoms with van der Waals surface area (Å²) in [6.45, 7) is 0.258. The highest BCUT2D eigenvalue weighted by Crippen LogP contribution is 2.11. The summed E-state index contributed by atoms with van der Waals surface area (Å²) in [6, 6.07) is 6.31. The predicted molar refractivity (Wildman–Crippen MR) is 80.2 cm³/mol. The molecular weight excluding hydrogens is 286 g/mol. The van der Waals surface area contributed by atoms with Crippen LogP contribution in [0.1, 0.15) is 11.3 Å². The molecule has 0 spiro atoms. The summed E-state index contributed by atoms with van der Waals surface area (Å²) >= 11 is 0. The Bertz CT molecular complexity index is 674. The van der Waals surface area contributed by atoms with Gasteiger partial charge >= 0.3 is 5.97 Å². The number of aromatic nitrogens is 3. The Balaban J connectivity index is 2.07. The highest BCUT2D eigenvalue weighted by molar-refractivity contribution is 5.75. The molecular formula is C13H17N7O2. The van der Waals surface area contributed by atoms with Crippen LogP contribution in [0.25, 0.3) is 5.69 Å². The van der Waals surface area contributed by atoms with Crippen molar-refractivity contribution < 1.29 is 9.90 Å². The zero-order valence-electron chi connectivity index (χ0n) is 11.8. The molecule has 7 N–H and O–H groups in total. The highest BCUT2D eigenvalue weighted by atomic mass is 16.4. The van der Waals surface area contributed by atoms with E-state index in [2.05, 4.69) is 15.3 Å². The standard InChI is InChI=1S/C13H17N7O2/c14-11(12(21)22)5-8-1-3-10(4-2-8)20-7-9(18-19-20)6-17-13(15)16/h1-4,7,11H,5-6,14H2,(H,21,22)(H4,15,16,17)/t11-/m0/s1. The molecule has 2 rings (SSSR count). The number of aliphatic carboxylic acids is 1. The summed E-state index contributed by atoms with van der Waals surface area (Å²) < 4.78 is 1.58. The lowest BCUT2D eigenvalue weighted by Crippen LogP contribution is -2.32. The number of carboxylic acids is 1. The minimum atomic E-state index is -1.02. The summed E-state index contributed by atoms with van der Waals surface area (Å²) in [6.07, 6.45) is 1.98. The summed E-state index contributed by atoms with van der Waals surface area (Å²) in [5, 5.41) is 16.7. The molecule has 9 heteroatoms. The molecule has 0 aliphatic carbocycles. The third-order valence-electron chi connectivity index (χ3n) is 2.94. The normalized spacial score (nSPS) is 11.9. The number of nitrogens with zero attached hydrogens (tertiary/aromatic N) is 4. The number of carboxylic acid groups (broad SMARTS) is 1. The van der Waals surface area contributed by atoms with Crippen molar-refractivity contribution in [2.45, 2.75) is 19.0 Å². The lowest BCUT2D eigenvalue weighted by atomic mass is 10.1. The van der Waals surface area contributed by atoms with E-state index in [1.165, 1.54) is 0 Å². The molecule has 9 nitrogen and oxygen atoms in total. The van der Waals surface area contributed by atoms with Crippen molar-refractivity contribution in [3.63, 3.8) is 0 Å². The van der Waals surface area contributed by atoms with Crippen LogP contribution in [-0.4, -0.2) is 38.1 Å². The number of nitrogens with two attached hydrogens (primary N) is 3. The Hall–Kier alpha value is -2.94. The van der Waals surface area contributed by atoms with Gasteiger partial charge in [-0.15, -0.1) is 5.10 Å². The fourth-order valence-corrected chi connectivity index (χ4v) is 1.80. The Kier molecular flexibility index (Phi) is 4.69. The van der Waals surface area contributed by atoms with Crippen LogP contribution in [0.5, 0.6) is 0 Å². The van der Waals surface area contributed by atoms with Crippen LogP contribution in [-0.2, 0) is 17.8 Å². The van der Waals surface area contributed by atoms with Gasteiger partial charge in [-0.1, -0.05) is 17.3 Å². The van der Waals surface area contributed by atoms with Gasteiger partial charge in [0.2, 0.25) is 0 Å². The number of rotatable bonds is 6. The first-order chi connectivity index (χ1) is 10.5. The van der Waals surface area contributed by atoms with E-state index in [-0.39, 0.29) is 18.9 Å². The van der Waals surface area contributed by atoms with E-state index in [1.54, 1.807) is 23.0 Å². The van der Waals surface area contributed by atoms with Gasteiger partial charge < -0.3 is 22.3 Å². The van der Waals surface area contributed by atoms with Gasteiger partial charge in [-0.05, 0) is 24.1 Å². The Labute approximate surface area is 126 Å². The van der Waals surface area contributed by atoms with Crippen LogP contribution in [0, 0.1) is 0 Å². The predicted octanol–water partition coefficient (Wildman–Crippen LogP) is -1.00. The van der Waals surface area contributed by atoms with Gasteiger partial charge in [0.25, 0.3) is 0 Å². The molecule has 0 amide bonds.